The molecule has 3 heterocycles. The largest absolute Gasteiger partial charge is 0.508 e. The molecule has 5 rings (SSSR count). The van der Waals surface area contributed by atoms with Crippen molar-refractivity contribution in [3.63, 3.8) is 0 Å². The summed E-state index contributed by atoms with van der Waals surface area (Å²) in [6.45, 7) is 15.0. The first-order valence-electron chi connectivity index (χ1n) is 30.8. The lowest BCUT2D eigenvalue weighted by Crippen LogP contribution is -2.62. The Morgan fingerprint density at radius 3 is 1.05 bits per heavy atom. The number of amides is 10. The van der Waals surface area contributed by atoms with E-state index in [9.17, 15) is 58.2 Å². The second-order valence-electron chi connectivity index (χ2n) is 24.8. The molecule has 10 atom stereocenters. The predicted octanol–water partition coefficient (Wildman–Crippen LogP) is 1.42. The molecular formula is C62H96N12O12. The topological polar surface area (TPSA) is 366 Å². The number of rotatable bonds is 18. The lowest BCUT2D eigenvalue weighted by atomic mass is 9.98. The summed E-state index contributed by atoms with van der Waals surface area (Å²) in [4.78, 5) is 149. The van der Waals surface area contributed by atoms with Gasteiger partial charge in [-0.25, -0.2) is 0 Å². The van der Waals surface area contributed by atoms with Crippen LogP contribution in [0.4, 0.5) is 0 Å². The van der Waals surface area contributed by atoms with Crippen molar-refractivity contribution in [2.24, 2.45) is 35.1 Å². The molecule has 0 aliphatic carbocycles. The maximum Gasteiger partial charge on any atom is 0.246 e. The summed E-state index contributed by atoms with van der Waals surface area (Å²) < 4.78 is 0. The van der Waals surface area contributed by atoms with Gasteiger partial charge >= 0.3 is 0 Å². The lowest BCUT2D eigenvalue weighted by molar-refractivity contribution is -0.143. The Balaban J connectivity index is 1.61. The first kappa shape index (κ1) is 69.4. The summed E-state index contributed by atoms with van der Waals surface area (Å²) in [6, 6.07) is -0.108. The molecule has 10 amide bonds. The van der Waals surface area contributed by atoms with Crippen molar-refractivity contribution in [1.82, 2.24) is 52.3 Å². The second kappa shape index (κ2) is 33.5. The summed E-state index contributed by atoms with van der Waals surface area (Å²) >= 11 is 0. The minimum Gasteiger partial charge on any atom is -0.508 e. The number of nitrogens with one attached hydrogen (secondary N) is 8. The van der Waals surface area contributed by atoms with E-state index in [1.54, 1.807) is 52.0 Å². The maximum atomic E-state index is 15.0. The van der Waals surface area contributed by atoms with Gasteiger partial charge in [0.05, 0.1) is 0 Å². The van der Waals surface area contributed by atoms with E-state index in [0.717, 1.165) is 0 Å². The Hall–Kier alpha value is -7.34. The van der Waals surface area contributed by atoms with E-state index < -0.39 is 131 Å². The zero-order chi connectivity index (χ0) is 63.4. The van der Waals surface area contributed by atoms with E-state index in [1.165, 1.54) is 34.1 Å². The fraction of sp³-hybridized carbons (Fsp3) is 0.645. The normalized spacial score (nSPS) is 25.9. The highest BCUT2D eigenvalue weighted by atomic mass is 16.3. The number of carbonyl (C=O) groups is 10. The van der Waals surface area contributed by atoms with Crippen LogP contribution in [0.25, 0.3) is 0 Å². The molecule has 2 aromatic rings. The van der Waals surface area contributed by atoms with E-state index in [1.807, 2.05) is 27.7 Å². The van der Waals surface area contributed by atoms with Gasteiger partial charge in [-0.05, 0) is 149 Å². The molecule has 0 bridgehead atoms. The van der Waals surface area contributed by atoms with Crippen molar-refractivity contribution in [1.29, 1.82) is 0 Å². The van der Waals surface area contributed by atoms with Crippen LogP contribution in [0.1, 0.15) is 144 Å². The SMILES string of the molecule is CC(C)C[C@@H]1NC(=O)[C@H](CCCCN)NC(=O)[C@H](C(C)C)NC(=O)[C@@H]2CCCN2C(=O)[C@@H](Cc2ccc(O)cc2)NC(=O)[C@H](CC(C)C)NC(=O)[C@H](CCCCN)NC(=O)[C@H](C(C)C)NC(=O)[C@@H]2CCCN2C(=O)[C@H](Cc2ccc(O)cc2)NC1=O. The van der Waals surface area contributed by atoms with Crippen molar-refractivity contribution < 1.29 is 58.2 Å². The molecule has 0 saturated carbocycles. The molecule has 0 unspecified atom stereocenters. The summed E-state index contributed by atoms with van der Waals surface area (Å²) in [7, 11) is 0. The number of phenols is 2. The Labute approximate surface area is 506 Å². The third kappa shape index (κ3) is 20.4. The first-order chi connectivity index (χ1) is 40.8. The summed E-state index contributed by atoms with van der Waals surface area (Å²) in [6.07, 6.45) is 3.19. The highest BCUT2D eigenvalue weighted by molar-refractivity contribution is 6.00. The van der Waals surface area contributed by atoms with Gasteiger partial charge in [-0.3, -0.25) is 47.9 Å². The molecule has 3 saturated heterocycles. The van der Waals surface area contributed by atoms with Crippen LogP contribution in [-0.4, -0.2) is 166 Å². The Morgan fingerprint density at radius 1 is 0.419 bits per heavy atom. The second-order valence-corrected chi connectivity index (χ2v) is 24.8. The van der Waals surface area contributed by atoms with E-state index in [4.69, 9.17) is 11.5 Å². The number of phenolic OH excluding ortho intramolecular Hbond substituents is 2. The van der Waals surface area contributed by atoms with Gasteiger partial charge in [-0.1, -0.05) is 79.7 Å². The number of fused-ring (bicyclic) bond motifs is 2. The number of hydrogen-bond acceptors (Lipinski definition) is 14. The van der Waals surface area contributed by atoms with Gasteiger partial charge in [0.15, 0.2) is 0 Å². The Morgan fingerprint density at radius 2 is 0.733 bits per heavy atom. The van der Waals surface area contributed by atoms with Crippen LogP contribution in [0.15, 0.2) is 48.5 Å². The molecule has 0 aromatic heterocycles. The van der Waals surface area contributed by atoms with Gasteiger partial charge < -0.3 is 74.0 Å². The number of hydrogen-bond donors (Lipinski definition) is 12. The Kier molecular flexibility index (Phi) is 27.1. The van der Waals surface area contributed by atoms with Gasteiger partial charge in [0.25, 0.3) is 0 Å². The smallest absolute Gasteiger partial charge is 0.246 e. The third-order valence-electron chi connectivity index (χ3n) is 16.0. The van der Waals surface area contributed by atoms with Gasteiger partial charge in [0.1, 0.15) is 71.9 Å². The van der Waals surface area contributed by atoms with E-state index >= 15 is 0 Å². The molecule has 24 nitrogen and oxygen atoms in total. The van der Waals surface area contributed by atoms with Crippen LogP contribution >= 0.6 is 0 Å². The van der Waals surface area contributed by atoms with Crippen molar-refractivity contribution in [2.45, 2.75) is 206 Å². The zero-order valence-corrected chi connectivity index (χ0v) is 51.5. The molecule has 3 fully saturated rings. The molecule has 0 spiro atoms. The van der Waals surface area contributed by atoms with Gasteiger partial charge in [-0.15, -0.1) is 0 Å². The lowest BCUT2D eigenvalue weighted by Gasteiger charge is -2.33. The van der Waals surface area contributed by atoms with E-state index in [2.05, 4.69) is 42.5 Å². The maximum absolute atomic E-state index is 15.0. The molecule has 86 heavy (non-hydrogen) atoms. The molecule has 3 aliphatic rings. The van der Waals surface area contributed by atoms with Crippen molar-refractivity contribution >= 4 is 59.1 Å². The minimum atomic E-state index is -1.31. The summed E-state index contributed by atoms with van der Waals surface area (Å²) in [5.74, 6) is -8.33. The first-order valence-corrected chi connectivity index (χ1v) is 30.8. The quantitative estimate of drug-likeness (QED) is 0.0940. The van der Waals surface area contributed by atoms with Crippen LogP contribution in [0.2, 0.25) is 0 Å². The van der Waals surface area contributed by atoms with E-state index in [0.29, 0.717) is 49.7 Å². The van der Waals surface area contributed by atoms with Gasteiger partial charge in [0.2, 0.25) is 59.1 Å². The molecule has 14 N–H and O–H groups in total. The molecular weight excluding hydrogens is 1100 g/mol. The highest BCUT2D eigenvalue weighted by Crippen LogP contribution is 2.24. The molecule has 0 radical (unpaired) electrons. The standard InChI is InChI=1S/C62H96N12O12/c1-35(2)31-45-55(79)69-47(33-39-19-23-41(75)24-20-39)61(85)73-29-13-17-49(73)57(81)72-52(38(7)8)60(84)66-44(16-10-12-28-64)54(78)68-46(32-36(3)4)56(80)70-48(34-40-21-25-42(76)26-22-40)62(86)74-30-14-18-50(74)58(82)71-51(37(5)6)59(83)65-43(53(77)67-45)15-9-11-27-63/h19-26,35-38,43-52,75-76H,9-18,27-34,63-64H2,1-8H3,(H,65,83)(H,66,84)(H,67,77)(H,68,78)(H,69,79)(H,70,80)(H,71,82)(H,72,81)/t43-,44-,45-,46-,47-,48+,49-,50-,51-,52-/m0/s1. The fourth-order valence-electron chi connectivity index (χ4n) is 11.3. The molecule has 24 heteroatoms. The van der Waals surface area contributed by atoms with Crippen molar-refractivity contribution in [3.05, 3.63) is 59.7 Å². The van der Waals surface area contributed by atoms with Gasteiger partial charge in [-0.2, -0.15) is 0 Å². The number of aromatic hydroxyl groups is 2. The van der Waals surface area contributed by atoms with Crippen LogP contribution in [0.5, 0.6) is 11.5 Å². The van der Waals surface area contributed by atoms with Gasteiger partial charge in [0, 0.05) is 25.9 Å². The Bertz CT molecular complexity index is 2460. The number of unbranched alkanes of at least 4 members (excludes halogenated alkanes) is 2. The number of carbonyl (C=O) groups excluding carboxylic acids is 10. The molecule has 476 valence electrons. The van der Waals surface area contributed by atoms with E-state index in [-0.39, 0.29) is 101 Å². The summed E-state index contributed by atoms with van der Waals surface area (Å²) in [5.41, 5.74) is 12.8. The average molecular weight is 1200 g/mol. The number of nitrogens with two attached hydrogens (primary N) is 2. The predicted molar refractivity (Wildman–Crippen MR) is 323 cm³/mol. The van der Waals surface area contributed by atoms with Crippen LogP contribution in [0, 0.1) is 23.7 Å². The number of benzene rings is 2. The molecule has 3 aliphatic heterocycles. The minimum absolute atomic E-state index is 0.0326. The van der Waals surface area contributed by atoms with Crippen LogP contribution in [0.3, 0.4) is 0 Å². The monoisotopic (exact) mass is 1200 g/mol. The van der Waals surface area contributed by atoms with Crippen molar-refractivity contribution in [2.75, 3.05) is 26.2 Å². The average Bonchev–Trinajstić information content (AvgIpc) is 4.05. The fourth-order valence-corrected chi connectivity index (χ4v) is 11.3. The van der Waals surface area contributed by atoms with Crippen LogP contribution < -0.4 is 54.0 Å². The van der Waals surface area contributed by atoms with Crippen molar-refractivity contribution in [3.8, 4) is 11.5 Å². The van der Waals surface area contributed by atoms with Crippen LogP contribution in [-0.2, 0) is 60.8 Å². The number of nitrogens with zero attached hydrogens (tertiary/aromatic N) is 2. The highest BCUT2D eigenvalue weighted by Gasteiger charge is 2.43. The third-order valence-corrected chi connectivity index (χ3v) is 16.0. The zero-order valence-electron chi connectivity index (χ0n) is 51.5. The summed E-state index contributed by atoms with van der Waals surface area (Å²) in [5, 5.41) is 43.0. The molecule has 2 aromatic carbocycles.